The summed E-state index contributed by atoms with van der Waals surface area (Å²) in [6.45, 7) is 4.27. The van der Waals surface area contributed by atoms with Crippen molar-refractivity contribution in [2.75, 3.05) is 11.4 Å². The number of hydrogen-bond acceptors (Lipinski definition) is 3. The number of carbonyl (C=O) groups is 2. The van der Waals surface area contributed by atoms with Crippen LogP contribution in [0.2, 0.25) is 0 Å². The number of Topliss-reactive ketones (excluding diaryl/α,β-unsaturated/α-hetero) is 1. The molecule has 1 saturated heterocycles. The van der Waals surface area contributed by atoms with E-state index in [1.54, 1.807) is 6.08 Å². The van der Waals surface area contributed by atoms with E-state index in [0.29, 0.717) is 18.5 Å². The second kappa shape index (κ2) is 9.89. The van der Waals surface area contributed by atoms with Crippen LogP contribution in [0.1, 0.15) is 23.2 Å². The minimum absolute atomic E-state index is 0.0111. The van der Waals surface area contributed by atoms with Gasteiger partial charge in [0.15, 0.2) is 0 Å². The van der Waals surface area contributed by atoms with E-state index in [0.717, 1.165) is 20.9 Å². The molecule has 0 spiro atoms. The molecule has 0 aliphatic carbocycles. The van der Waals surface area contributed by atoms with E-state index in [1.807, 2.05) is 70.9 Å². The van der Waals surface area contributed by atoms with Gasteiger partial charge in [-0.2, -0.15) is 0 Å². The predicted octanol–water partition coefficient (Wildman–Crippen LogP) is 6.45. The number of hydrogen-bond donors (Lipinski definition) is 0. The van der Waals surface area contributed by atoms with Gasteiger partial charge < -0.3 is 0 Å². The summed E-state index contributed by atoms with van der Waals surface area (Å²) < 4.78 is 0. The van der Waals surface area contributed by atoms with Gasteiger partial charge in [0.25, 0.3) is 0 Å². The number of carbonyl (C=O) groups excluding carboxylic acids is 2. The van der Waals surface area contributed by atoms with E-state index in [-0.39, 0.29) is 23.8 Å². The van der Waals surface area contributed by atoms with Gasteiger partial charge in [0.1, 0.15) is 0 Å². The fourth-order valence-electron chi connectivity index (χ4n) is 5.43. The van der Waals surface area contributed by atoms with Crippen molar-refractivity contribution in [1.82, 2.24) is 0 Å². The molecule has 4 aromatic rings. The molecule has 3 nitrogen and oxygen atoms in total. The Morgan fingerprint density at radius 1 is 0.917 bits per heavy atom. The molecule has 1 atom stereocenters. The molecule has 0 bridgehead atoms. The van der Waals surface area contributed by atoms with Crippen molar-refractivity contribution in [3.63, 3.8) is 0 Å². The van der Waals surface area contributed by atoms with Crippen LogP contribution >= 0.6 is 32.1 Å². The molecule has 6 heteroatoms. The number of allylic oxidation sites excluding steroid dienone is 1. The topological polar surface area (TPSA) is 37.4 Å². The van der Waals surface area contributed by atoms with Crippen LogP contribution in [0.5, 0.6) is 0 Å². The Bertz CT molecular complexity index is 1310. The molecule has 0 saturated carbocycles. The first-order valence-corrected chi connectivity index (χ1v) is 17.1. The number of benzene rings is 3. The van der Waals surface area contributed by atoms with Crippen molar-refractivity contribution in [2.24, 2.45) is 0 Å². The Kier molecular flexibility index (Phi) is 6.82. The SMILES string of the molecule is C=CCC(=O)c1ccsc1N1CCC(P(Br)(c2ccccc2)(c2ccccc2)c2ccccc2)C1=O. The number of halogens is 1. The summed E-state index contributed by atoms with van der Waals surface area (Å²) in [4.78, 5) is 29.1. The van der Waals surface area contributed by atoms with Gasteiger partial charge in [0.2, 0.25) is 0 Å². The molecule has 182 valence electrons. The summed E-state index contributed by atoms with van der Waals surface area (Å²) in [5.41, 5.74) is 0.274. The van der Waals surface area contributed by atoms with Gasteiger partial charge in [0, 0.05) is 0 Å². The molecular weight excluding hydrogens is 549 g/mol. The van der Waals surface area contributed by atoms with Crippen LogP contribution in [0.3, 0.4) is 0 Å². The predicted molar refractivity (Wildman–Crippen MR) is 158 cm³/mol. The summed E-state index contributed by atoms with van der Waals surface area (Å²) in [6.07, 6.45) is 2.54. The zero-order valence-corrected chi connectivity index (χ0v) is 23.1. The average Bonchev–Trinajstić information content (AvgIpc) is 3.57. The maximum absolute atomic E-state index is 14.5. The summed E-state index contributed by atoms with van der Waals surface area (Å²) in [5.74, 6) is 0.0409. The molecule has 1 unspecified atom stereocenters. The molecule has 1 aliphatic heterocycles. The van der Waals surface area contributed by atoms with Crippen LogP contribution in [-0.2, 0) is 4.79 Å². The number of amides is 1. The van der Waals surface area contributed by atoms with Crippen LogP contribution in [0.15, 0.2) is 115 Å². The molecule has 1 aromatic heterocycles. The maximum atomic E-state index is 14.5. The Morgan fingerprint density at radius 2 is 1.42 bits per heavy atom. The van der Waals surface area contributed by atoms with Crippen LogP contribution in [0, 0.1) is 0 Å². The van der Waals surface area contributed by atoms with Gasteiger partial charge in [-0.3, -0.25) is 0 Å². The summed E-state index contributed by atoms with van der Waals surface area (Å²) in [7, 11) is 0. The Balaban J connectivity index is 1.74. The van der Waals surface area contributed by atoms with Crippen LogP contribution < -0.4 is 20.8 Å². The fraction of sp³-hybridized carbons (Fsp3) is 0.133. The van der Waals surface area contributed by atoms with Crippen molar-refractivity contribution in [1.29, 1.82) is 0 Å². The van der Waals surface area contributed by atoms with Gasteiger partial charge in [-0.25, -0.2) is 0 Å². The summed E-state index contributed by atoms with van der Waals surface area (Å²) in [6, 6.07) is 33.0. The summed E-state index contributed by atoms with van der Waals surface area (Å²) >= 11 is 5.91. The zero-order chi connectivity index (χ0) is 25.2. The second-order valence-electron chi connectivity index (χ2n) is 8.93. The van der Waals surface area contributed by atoms with E-state index in [1.165, 1.54) is 11.3 Å². The Morgan fingerprint density at radius 3 is 1.89 bits per heavy atom. The van der Waals surface area contributed by atoms with Crippen molar-refractivity contribution in [2.45, 2.75) is 18.5 Å². The van der Waals surface area contributed by atoms with E-state index in [4.69, 9.17) is 0 Å². The molecular formula is C30H27BrNO2PS. The molecule has 3 aromatic carbocycles. The number of rotatable bonds is 8. The first-order valence-electron chi connectivity index (χ1n) is 11.9. The average molecular weight is 576 g/mol. The molecule has 0 radical (unpaired) electrons. The minimum atomic E-state index is -3.47. The standard InChI is InChI=1S/C30H27BrNO2PS/c1-2-12-27(33)26-20-22-36-30(26)32-21-19-28(29(32)34)35(31,23-13-6-3-7-14-23,24-15-8-4-9-16-24)25-17-10-5-11-18-25/h2-11,13-18,20,22,28H,1,12,19,21H2. The quantitative estimate of drug-likeness (QED) is 0.137. The third-order valence-corrected chi connectivity index (χ3v) is 18.7. The van der Waals surface area contributed by atoms with Crippen molar-refractivity contribution >= 4 is 64.7 Å². The molecule has 0 N–H and O–H groups in total. The third kappa shape index (κ3) is 3.73. The molecule has 1 fully saturated rings. The Labute approximate surface area is 224 Å². The molecule has 1 aliphatic rings. The molecule has 36 heavy (non-hydrogen) atoms. The van der Waals surface area contributed by atoms with Gasteiger partial charge >= 0.3 is 225 Å². The number of ketones is 1. The van der Waals surface area contributed by atoms with Gasteiger partial charge in [-0.05, 0) is 0 Å². The van der Waals surface area contributed by atoms with Crippen molar-refractivity contribution < 1.29 is 9.59 Å². The number of nitrogens with zero attached hydrogens (tertiary/aromatic N) is 1. The normalized spacial score (nSPS) is 16.9. The Hall–Kier alpha value is -2.85. The van der Waals surface area contributed by atoms with E-state index in [9.17, 15) is 9.59 Å². The van der Waals surface area contributed by atoms with E-state index in [2.05, 4.69) is 58.5 Å². The van der Waals surface area contributed by atoms with E-state index >= 15 is 0 Å². The molecule has 1 amide bonds. The van der Waals surface area contributed by atoms with Gasteiger partial charge in [-0.15, -0.1) is 0 Å². The van der Waals surface area contributed by atoms with Crippen molar-refractivity contribution in [3.05, 3.63) is 121 Å². The summed E-state index contributed by atoms with van der Waals surface area (Å²) in [5, 5.41) is 2.52. The monoisotopic (exact) mass is 575 g/mol. The third-order valence-electron chi connectivity index (χ3n) is 7.07. The molecule has 5 rings (SSSR count). The van der Waals surface area contributed by atoms with Gasteiger partial charge in [0.05, 0.1) is 0 Å². The second-order valence-corrected chi connectivity index (χ2v) is 18.6. The number of thiophene rings is 1. The first kappa shape index (κ1) is 24.8. The van der Waals surface area contributed by atoms with E-state index < -0.39 is 5.31 Å². The van der Waals surface area contributed by atoms with Gasteiger partial charge in [-0.1, -0.05) is 0 Å². The number of anilines is 1. The van der Waals surface area contributed by atoms with Crippen molar-refractivity contribution in [3.8, 4) is 0 Å². The molecule has 2 heterocycles. The van der Waals surface area contributed by atoms with Crippen LogP contribution in [0.4, 0.5) is 5.00 Å². The van der Waals surface area contributed by atoms with Crippen LogP contribution in [0.25, 0.3) is 0 Å². The zero-order valence-electron chi connectivity index (χ0n) is 19.8. The first-order chi connectivity index (χ1) is 17.5. The fourth-order valence-corrected chi connectivity index (χ4v) is 15.0. The van der Waals surface area contributed by atoms with Crippen LogP contribution in [-0.4, -0.2) is 23.9 Å².